The number of nitrogens with one attached hydrogen (secondary N) is 2. The monoisotopic (exact) mass is 387 g/mol. The fraction of sp³-hybridized carbons (Fsp3) is 0.550. The van der Waals surface area contributed by atoms with Crippen LogP contribution in [0.3, 0.4) is 0 Å². The predicted molar refractivity (Wildman–Crippen MR) is 105 cm³/mol. The van der Waals surface area contributed by atoms with E-state index >= 15 is 0 Å². The summed E-state index contributed by atoms with van der Waals surface area (Å²) in [5, 5.41) is 14.5. The zero-order chi connectivity index (χ0) is 19.8. The third-order valence-electron chi connectivity index (χ3n) is 4.98. The molecule has 0 aliphatic carbocycles. The van der Waals surface area contributed by atoms with Crippen LogP contribution in [0.5, 0.6) is 5.75 Å². The summed E-state index contributed by atoms with van der Waals surface area (Å²) in [6.07, 6.45) is 2.76. The van der Waals surface area contributed by atoms with Gasteiger partial charge in [-0.25, -0.2) is 4.68 Å². The first-order valence-electron chi connectivity index (χ1n) is 9.80. The lowest BCUT2D eigenvalue weighted by Crippen LogP contribution is -2.30. The van der Waals surface area contributed by atoms with Gasteiger partial charge in [0.1, 0.15) is 5.75 Å². The zero-order valence-electron chi connectivity index (χ0n) is 16.6. The van der Waals surface area contributed by atoms with Gasteiger partial charge in [-0.15, -0.1) is 5.10 Å². The van der Waals surface area contributed by atoms with E-state index in [0.717, 1.165) is 49.4 Å². The molecule has 1 fully saturated rings. The standard InChI is InChI=1S/C20H29N5O3/c1-15-19(23-24-25(15)17-8-11-21-12-9-17)20(26)22-10-3-13-28-14-16-4-6-18(27-2)7-5-16/h4-7,17,21H,3,8-14H2,1-2H3,(H,22,26). The van der Waals surface area contributed by atoms with Crippen molar-refractivity contribution in [1.29, 1.82) is 0 Å². The fourth-order valence-corrected chi connectivity index (χ4v) is 3.32. The molecule has 2 aromatic rings. The van der Waals surface area contributed by atoms with E-state index < -0.39 is 0 Å². The Balaban J connectivity index is 1.36. The third kappa shape index (κ3) is 5.30. The average Bonchev–Trinajstić information content (AvgIpc) is 3.13. The van der Waals surface area contributed by atoms with Crippen LogP contribution < -0.4 is 15.4 Å². The zero-order valence-corrected chi connectivity index (χ0v) is 16.6. The molecule has 1 aliphatic rings. The number of ether oxygens (including phenoxy) is 2. The Morgan fingerprint density at radius 3 is 2.75 bits per heavy atom. The molecule has 0 saturated carbocycles. The number of nitrogens with zero attached hydrogens (tertiary/aromatic N) is 3. The molecule has 152 valence electrons. The van der Waals surface area contributed by atoms with E-state index in [1.54, 1.807) is 7.11 Å². The summed E-state index contributed by atoms with van der Waals surface area (Å²) in [6.45, 7) is 5.52. The molecule has 8 heteroatoms. The number of aromatic nitrogens is 3. The van der Waals surface area contributed by atoms with Crippen LogP contribution >= 0.6 is 0 Å². The van der Waals surface area contributed by atoms with Crippen molar-refractivity contribution in [1.82, 2.24) is 25.6 Å². The molecular formula is C20H29N5O3. The van der Waals surface area contributed by atoms with Crippen LogP contribution in [0.15, 0.2) is 24.3 Å². The van der Waals surface area contributed by atoms with Gasteiger partial charge in [-0.3, -0.25) is 4.79 Å². The van der Waals surface area contributed by atoms with Crippen molar-refractivity contribution in [2.75, 3.05) is 33.4 Å². The molecule has 2 heterocycles. The van der Waals surface area contributed by atoms with Crippen molar-refractivity contribution in [3.8, 4) is 5.75 Å². The lowest BCUT2D eigenvalue weighted by atomic mass is 10.1. The van der Waals surface area contributed by atoms with Crippen LogP contribution in [0.2, 0.25) is 0 Å². The number of carbonyl (C=O) groups excluding carboxylic acids is 1. The Morgan fingerprint density at radius 2 is 2.04 bits per heavy atom. The molecule has 1 aliphatic heterocycles. The molecule has 0 radical (unpaired) electrons. The molecule has 1 saturated heterocycles. The Morgan fingerprint density at radius 1 is 1.29 bits per heavy atom. The molecule has 1 amide bonds. The third-order valence-corrected chi connectivity index (χ3v) is 4.98. The largest absolute Gasteiger partial charge is 0.497 e. The summed E-state index contributed by atoms with van der Waals surface area (Å²) < 4.78 is 12.7. The van der Waals surface area contributed by atoms with E-state index in [4.69, 9.17) is 9.47 Å². The number of piperidine rings is 1. The quantitative estimate of drug-likeness (QED) is 0.639. The number of methoxy groups -OCH3 is 1. The molecule has 0 atom stereocenters. The number of rotatable bonds is 9. The number of hydrogen-bond acceptors (Lipinski definition) is 6. The summed E-state index contributed by atoms with van der Waals surface area (Å²) in [4.78, 5) is 12.4. The van der Waals surface area contributed by atoms with E-state index in [2.05, 4.69) is 20.9 Å². The van der Waals surface area contributed by atoms with Crippen molar-refractivity contribution in [2.45, 2.75) is 38.8 Å². The van der Waals surface area contributed by atoms with Crippen LogP contribution in [0.25, 0.3) is 0 Å². The van der Waals surface area contributed by atoms with Gasteiger partial charge >= 0.3 is 0 Å². The van der Waals surface area contributed by atoms with Gasteiger partial charge in [-0.2, -0.15) is 0 Å². The van der Waals surface area contributed by atoms with Gasteiger partial charge in [0, 0.05) is 13.2 Å². The van der Waals surface area contributed by atoms with Crippen LogP contribution in [-0.2, 0) is 11.3 Å². The summed E-state index contributed by atoms with van der Waals surface area (Å²) in [5.41, 5.74) is 2.34. The first-order valence-corrected chi connectivity index (χ1v) is 9.80. The van der Waals surface area contributed by atoms with Gasteiger partial charge in [0.15, 0.2) is 5.69 Å². The predicted octanol–water partition coefficient (Wildman–Crippen LogP) is 1.86. The maximum atomic E-state index is 12.4. The number of amides is 1. The molecule has 1 aromatic heterocycles. The highest BCUT2D eigenvalue weighted by Gasteiger charge is 2.22. The van der Waals surface area contributed by atoms with E-state index in [1.165, 1.54) is 0 Å². The molecular weight excluding hydrogens is 358 g/mol. The molecule has 8 nitrogen and oxygen atoms in total. The van der Waals surface area contributed by atoms with Gasteiger partial charge in [-0.1, -0.05) is 17.3 Å². The first-order chi connectivity index (χ1) is 13.7. The van der Waals surface area contributed by atoms with E-state index in [-0.39, 0.29) is 5.91 Å². The van der Waals surface area contributed by atoms with Gasteiger partial charge in [-0.05, 0) is 57.0 Å². The SMILES string of the molecule is COc1ccc(COCCCNC(=O)c2nnn(C3CCNCC3)c2C)cc1. The lowest BCUT2D eigenvalue weighted by molar-refractivity contribution is 0.0929. The minimum absolute atomic E-state index is 0.173. The summed E-state index contributed by atoms with van der Waals surface area (Å²) in [7, 11) is 1.65. The molecule has 0 bridgehead atoms. The van der Waals surface area contributed by atoms with Crippen molar-refractivity contribution >= 4 is 5.91 Å². The Labute approximate surface area is 165 Å². The fourth-order valence-electron chi connectivity index (χ4n) is 3.32. The second kappa shape index (κ2) is 10.2. The van der Waals surface area contributed by atoms with E-state index in [9.17, 15) is 4.79 Å². The van der Waals surface area contributed by atoms with Crippen LogP contribution in [0.1, 0.15) is 47.1 Å². The van der Waals surface area contributed by atoms with Crippen LogP contribution in [0, 0.1) is 6.92 Å². The van der Waals surface area contributed by atoms with Crippen molar-refractivity contribution in [3.05, 3.63) is 41.2 Å². The molecule has 1 aromatic carbocycles. The van der Waals surface area contributed by atoms with E-state index in [0.29, 0.717) is 31.5 Å². The van der Waals surface area contributed by atoms with Crippen molar-refractivity contribution < 1.29 is 14.3 Å². The van der Waals surface area contributed by atoms with Gasteiger partial charge in [0.05, 0.1) is 25.5 Å². The molecule has 3 rings (SSSR count). The lowest BCUT2D eigenvalue weighted by Gasteiger charge is -2.23. The van der Waals surface area contributed by atoms with Gasteiger partial charge < -0.3 is 20.1 Å². The maximum absolute atomic E-state index is 12.4. The Hall–Kier alpha value is -2.45. The Kier molecular flexibility index (Phi) is 7.39. The second-order valence-electron chi connectivity index (χ2n) is 6.96. The average molecular weight is 387 g/mol. The summed E-state index contributed by atoms with van der Waals surface area (Å²) in [6, 6.07) is 8.11. The van der Waals surface area contributed by atoms with Crippen molar-refractivity contribution in [3.63, 3.8) is 0 Å². The molecule has 2 N–H and O–H groups in total. The smallest absolute Gasteiger partial charge is 0.273 e. The highest BCUT2D eigenvalue weighted by Crippen LogP contribution is 2.20. The van der Waals surface area contributed by atoms with Crippen LogP contribution in [0.4, 0.5) is 0 Å². The molecule has 0 unspecified atom stereocenters. The van der Waals surface area contributed by atoms with Gasteiger partial charge in [0.2, 0.25) is 0 Å². The Bertz CT molecular complexity index is 754. The number of carbonyl (C=O) groups is 1. The second-order valence-corrected chi connectivity index (χ2v) is 6.96. The number of hydrogen-bond donors (Lipinski definition) is 2. The molecule has 0 spiro atoms. The van der Waals surface area contributed by atoms with E-state index in [1.807, 2.05) is 35.9 Å². The van der Waals surface area contributed by atoms with Crippen LogP contribution in [-0.4, -0.2) is 54.3 Å². The van der Waals surface area contributed by atoms with Gasteiger partial charge in [0.25, 0.3) is 5.91 Å². The highest BCUT2D eigenvalue weighted by molar-refractivity contribution is 5.93. The number of benzene rings is 1. The highest BCUT2D eigenvalue weighted by atomic mass is 16.5. The minimum Gasteiger partial charge on any atom is -0.497 e. The minimum atomic E-state index is -0.173. The normalized spacial score (nSPS) is 14.8. The molecule has 28 heavy (non-hydrogen) atoms. The maximum Gasteiger partial charge on any atom is 0.273 e. The summed E-state index contributed by atoms with van der Waals surface area (Å²) in [5.74, 6) is 0.659. The summed E-state index contributed by atoms with van der Waals surface area (Å²) >= 11 is 0. The topological polar surface area (TPSA) is 90.3 Å². The van der Waals surface area contributed by atoms with Crippen molar-refractivity contribution in [2.24, 2.45) is 0 Å². The first kappa shape index (κ1) is 20.3.